The van der Waals surface area contributed by atoms with E-state index in [1.54, 1.807) is 18.2 Å². The molecule has 4 heteroatoms. The SMILES string of the molecule is [2H]C([2H])([2H])N1CCC[C@@H]1Cc1c(-c2cccnc2)[nH]c2cccc(OC)c12. The van der Waals surface area contributed by atoms with Gasteiger partial charge in [0.1, 0.15) is 5.75 Å². The van der Waals surface area contributed by atoms with Gasteiger partial charge in [0.25, 0.3) is 0 Å². The van der Waals surface area contributed by atoms with Crippen LogP contribution in [0.25, 0.3) is 22.2 Å². The molecule has 1 fully saturated rings. The highest BCUT2D eigenvalue weighted by Crippen LogP contribution is 2.37. The lowest BCUT2D eigenvalue weighted by atomic mass is 9.98. The Kier molecular flexibility index (Phi) is 3.17. The molecule has 0 unspecified atom stereocenters. The molecule has 0 aliphatic carbocycles. The normalized spacial score (nSPS) is 20.7. The molecule has 1 saturated heterocycles. The van der Waals surface area contributed by atoms with E-state index in [0.29, 0.717) is 13.0 Å². The van der Waals surface area contributed by atoms with Crippen LogP contribution in [0.1, 0.15) is 22.5 Å². The predicted octanol–water partition coefficient (Wildman–Crippen LogP) is 3.88. The first-order valence-electron chi connectivity index (χ1n) is 9.83. The Hall–Kier alpha value is -2.33. The van der Waals surface area contributed by atoms with E-state index in [1.807, 2.05) is 36.5 Å². The summed E-state index contributed by atoms with van der Waals surface area (Å²) in [7, 11) is 1.67. The van der Waals surface area contributed by atoms with Gasteiger partial charge in [-0.3, -0.25) is 4.98 Å². The van der Waals surface area contributed by atoms with Crippen LogP contribution in [0.15, 0.2) is 42.7 Å². The van der Waals surface area contributed by atoms with Crippen LogP contribution in [0.3, 0.4) is 0 Å². The average Bonchev–Trinajstić information content (AvgIpc) is 3.27. The molecule has 1 aliphatic heterocycles. The van der Waals surface area contributed by atoms with Gasteiger partial charge in [-0.15, -0.1) is 0 Å². The lowest BCUT2D eigenvalue weighted by Crippen LogP contribution is -2.26. The van der Waals surface area contributed by atoms with Crippen molar-refractivity contribution in [1.82, 2.24) is 14.9 Å². The zero-order valence-electron chi connectivity index (χ0n) is 16.7. The summed E-state index contributed by atoms with van der Waals surface area (Å²) in [4.78, 5) is 9.41. The Morgan fingerprint density at radius 3 is 3.12 bits per heavy atom. The molecular weight excluding hydrogens is 298 g/mol. The number of nitrogens with one attached hydrogen (secondary N) is 1. The number of likely N-dealkylation sites (tertiary alicyclic amines) is 1. The maximum Gasteiger partial charge on any atom is 0.128 e. The van der Waals surface area contributed by atoms with Gasteiger partial charge in [-0.1, -0.05) is 6.07 Å². The van der Waals surface area contributed by atoms with Crippen molar-refractivity contribution in [2.24, 2.45) is 0 Å². The van der Waals surface area contributed by atoms with E-state index >= 15 is 0 Å². The number of rotatable bonds is 4. The van der Waals surface area contributed by atoms with Crippen LogP contribution in [-0.2, 0) is 6.42 Å². The van der Waals surface area contributed by atoms with Crippen LogP contribution >= 0.6 is 0 Å². The summed E-state index contributed by atoms with van der Waals surface area (Å²) in [5.41, 5.74) is 4.06. The third-order valence-corrected chi connectivity index (χ3v) is 4.88. The topological polar surface area (TPSA) is 41.2 Å². The van der Waals surface area contributed by atoms with Gasteiger partial charge >= 0.3 is 0 Å². The molecule has 1 atom stereocenters. The Balaban J connectivity index is 1.85. The molecule has 0 amide bonds. The first kappa shape index (κ1) is 12.1. The van der Waals surface area contributed by atoms with Gasteiger partial charge in [0.15, 0.2) is 0 Å². The fourth-order valence-corrected chi connectivity index (χ4v) is 3.70. The van der Waals surface area contributed by atoms with Gasteiger partial charge in [0.05, 0.1) is 12.8 Å². The smallest absolute Gasteiger partial charge is 0.128 e. The lowest BCUT2D eigenvalue weighted by molar-refractivity contribution is 0.310. The number of pyridine rings is 1. The van der Waals surface area contributed by atoms with Gasteiger partial charge < -0.3 is 14.6 Å². The Labute approximate surface area is 146 Å². The van der Waals surface area contributed by atoms with Crippen molar-refractivity contribution in [2.45, 2.75) is 25.3 Å². The van der Waals surface area contributed by atoms with Crippen molar-refractivity contribution in [3.8, 4) is 17.0 Å². The van der Waals surface area contributed by atoms with Crippen LogP contribution in [0.5, 0.6) is 5.75 Å². The van der Waals surface area contributed by atoms with Crippen LogP contribution < -0.4 is 4.74 Å². The van der Waals surface area contributed by atoms with Gasteiger partial charge in [0, 0.05) is 39.0 Å². The number of ether oxygens (including phenoxy) is 1. The van der Waals surface area contributed by atoms with Crippen LogP contribution in [0, 0.1) is 0 Å². The minimum atomic E-state index is -2.06. The monoisotopic (exact) mass is 324 g/mol. The molecular formula is C20H23N3O. The second-order valence-electron chi connectivity index (χ2n) is 6.30. The molecule has 0 bridgehead atoms. The molecule has 2 aromatic heterocycles. The van der Waals surface area contributed by atoms with Gasteiger partial charge in [-0.05, 0) is 62.6 Å². The zero-order valence-corrected chi connectivity index (χ0v) is 13.7. The number of likely N-dealkylation sites (N-methyl/N-ethyl adjacent to an activating group) is 1. The van der Waals surface area contributed by atoms with E-state index in [0.717, 1.165) is 46.3 Å². The van der Waals surface area contributed by atoms with E-state index < -0.39 is 6.98 Å². The molecule has 0 spiro atoms. The molecule has 124 valence electrons. The van der Waals surface area contributed by atoms with Crippen molar-refractivity contribution < 1.29 is 8.85 Å². The molecule has 1 N–H and O–H groups in total. The molecule has 3 aromatic rings. The summed E-state index contributed by atoms with van der Waals surface area (Å²) in [6, 6.07) is 9.84. The number of methoxy groups -OCH3 is 1. The molecule has 4 nitrogen and oxygen atoms in total. The predicted molar refractivity (Wildman–Crippen MR) is 97.4 cm³/mol. The summed E-state index contributed by atoms with van der Waals surface area (Å²) < 4.78 is 29.2. The minimum absolute atomic E-state index is 0.0168. The van der Waals surface area contributed by atoms with E-state index in [2.05, 4.69) is 9.97 Å². The molecule has 0 radical (unpaired) electrons. The van der Waals surface area contributed by atoms with Crippen molar-refractivity contribution >= 4 is 10.9 Å². The van der Waals surface area contributed by atoms with E-state index in [-0.39, 0.29) is 6.04 Å². The molecule has 24 heavy (non-hydrogen) atoms. The number of hydrogen-bond donors (Lipinski definition) is 1. The highest BCUT2D eigenvalue weighted by molar-refractivity contribution is 5.95. The molecule has 1 aliphatic rings. The standard InChI is InChI=1S/C20H23N3O/c1-23-11-5-7-15(23)12-16-19-17(8-3-9-18(19)24-2)22-20(16)14-6-4-10-21-13-14/h3-4,6,8-10,13,15,22H,5,7,11-12H2,1-2H3/t15-/m1/s1/i1D3. The number of hydrogen-bond acceptors (Lipinski definition) is 3. The Bertz CT molecular complexity index is 937. The number of aromatic nitrogens is 2. The van der Waals surface area contributed by atoms with E-state index in [9.17, 15) is 0 Å². The average molecular weight is 324 g/mol. The highest BCUT2D eigenvalue weighted by atomic mass is 16.5. The summed E-state index contributed by atoms with van der Waals surface area (Å²) >= 11 is 0. The zero-order chi connectivity index (χ0) is 19.0. The minimum Gasteiger partial charge on any atom is -0.496 e. The second-order valence-corrected chi connectivity index (χ2v) is 6.30. The van der Waals surface area contributed by atoms with E-state index in [4.69, 9.17) is 8.85 Å². The maximum atomic E-state index is 7.86. The molecule has 3 heterocycles. The van der Waals surface area contributed by atoms with Gasteiger partial charge in [-0.25, -0.2) is 0 Å². The molecule has 0 saturated carbocycles. The number of fused-ring (bicyclic) bond motifs is 1. The van der Waals surface area contributed by atoms with Crippen molar-refractivity contribution in [2.75, 3.05) is 20.6 Å². The lowest BCUT2D eigenvalue weighted by Gasteiger charge is -2.20. The summed E-state index contributed by atoms with van der Waals surface area (Å²) in [6.45, 7) is -1.45. The second kappa shape index (κ2) is 6.29. The Morgan fingerprint density at radius 2 is 2.33 bits per heavy atom. The van der Waals surface area contributed by atoms with Crippen molar-refractivity contribution in [3.05, 3.63) is 48.3 Å². The highest BCUT2D eigenvalue weighted by Gasteiger charge is 2.25. The molecule has 4 rings (SSSR count). The van der Waals surface area contributed by atoms with Crippen molar-refractivity contribution in [3.63, 3.8) is 0 Å². The number of aromatic amines is 1. The quantitative estimate of drug-likeness (QED) is 0.792. The summed E-state index contributed by atoms with van der Waals surface area (Å²) in [5, 5.41) is 1.02. The number of benzene rings is 1. The van der Waals surface area contributed by atoms with Crippen molar-refractivity contribution in [1.29, 1.82) is 0 Å². The first-order chi connectivity index (χ1) is 13.0. The van der Waals surface area contributed by atoms with Crippen LogP contribution in [-0.4, -0.2) is 41.5 Å². The largest absolute Gasteiger partial charge is 0.496 e. The summed E-state index contributed by atoms with van der Waals surface area (Å²) in [6.07, 6.45) is 6.02. The number of H-pyrrole nitrogens is 1. The molecule has 1 aromatic carbocycles. The third-order valence-electron chi connectivity index (χ3n) is 4.88. The fourth-order valence-electron chi connectivity index (χ4n) is 3.70. The summed E-state index contributed by atoms with van der Waals surface area (Å²) in [5.74, 6) is 0.798. The van der Waals surface area contributed by atoms with Gasteiger partial charge in [-0.2, -0.15) is 0 Å². The van der Waals surface area contributed by atoms with Crippen LogP contribution in [0.4, 0.5) is 0 Å². The van der Waals surface area contributed by atoms with Crippen LogP contribution in [0.2, 0.25) is 0 Å². The third kappa shape index (κ3) is 2.57. The fraction of sp³-hybridized carbons (Fsp3) is 0.350. The van der Waals surface area contributed by atoms with Gasteiger partial charge in [0.2, 0.25) is 0 Å². The maximum absolute atomic E-state index is 7.86. The number of nitrogens with zero attached hydrogens (tertiary/aromatic N) is 2. The first-order valence-corrected chi connectivity index (χ1v) is 8.33. The Morgan fingerprint density at radius 1 is 1.38 bits per heavy atom. The van der Waals surface area contributed by atoms with E-state index in [1.165, 1.54) is 0 Å².